The molecule has 0 bridgehead atoms. The molecule has 0 unspecified atom stereocenters. The molecule has 0 saturated carbocycles. The van der Waals surface area contributed by atoms with Crippen LogP contribution in [0.1, 0.15) is 5.56 Å². The van der Waals surface area contributed by atoms with Crippen LogP contribution in [0.3, 0.4) is 0 Å². The first kappa shape index (κ1) is 17.3. The van der Waals surface area contributed by atoms with Crippen molar-refractivity contribution in [2.45, 2.75) is 6.54 Å². The van der Waals surface area contributed by atoms with Crippen molar-refractivity contribution >= 4 is 40.1 Å². The predicted octanol–water partition coefficient (Wildman–Crippen LogP) is 4.63. The van der Waals surface area contributed by atoms with Gasteiger partial charge in [-0.3, -0.25) is 4.57 Å². The summed E-state index contributed by atoms with van der Waals surface area (Å²) in [5.41, 5.74) is 3.64. The zero-order valence-electron chi connectivity index (χ0n) is 15.4. The molecule has 7 nitrogen and oxygen atoms in total. The Morgan fingerprint density at radius 2 is 1.83 bits per heavy atom. The van der Waals surface area contributed by atoms with E-state index in [4.69, 9.17) is 4.98 Å². The van der Waals surface area contributed by atoms with E-state index in [0.29, 0.717) is 24.1 Å². The Bertz CT molecular complexity index is 1220. The van der Waals surface area contributed by atoms with Crippen molar-refractivity contribution in [2.24, 2.45) is 0 Å². The Morgan fingerprint density at radius 1 is 0.931 bits per heavy atom. The topological polar surface area (TPSA) is 80.6 Å². The highest BCUT2D eigenvalue weighted by atomic mass is 32.1. The van der Waals surface area contributed by atoms with Gasteiger partial charge in [-0.05, 0) is 29.1 Å². The summed E-state index contributed by atoms with van der Waals surface area (Å²) < 4.78 is 1.96. The Kier molecular flexibility index (Phi) is 4.59. The number of fused-ring (bicyclic) bond motifs is 1. The zero-order valence-corrected chi connectivity index (χ0v) is 16.2. The maximum atomic E-state index is 4.70. The van der Waals surface area contributed by atoms with Gasteiger partial charge in [0.2, 0.25) is 5.95 Å². The fourth-order valence-corrected chi connectivity index (χ4v) is 3.62. The van der Waals surface area contributed by atoms with Gasteiger partial charge in [-0.2, -0.15) is 21.3 Å². The standard InChI is InChI=1S/C21H17N7S/c1-2-6-15(7-3-1)12-23-19-18-20(28(14-24-18)16-9-11-29-13-16)27-21(26-19)25-17-8-4-5-10-22-17/h1-11,13-14H,12H2,(H2,22,23,25,26,27). The highest BCUT2D eigenvalue weighted by Gasteiger charge is 2.15. The summed E-state index contributed by atoms with van der Waals surface area (Å²) in [5.74, 6) is 1.82. The van der Waals surface area contributed by atoms with Crippen LogP contribution in [0.4, 0.5) is 17.6 Å². The Labute approximate surface area is 171 Å². The van der Waals surface area contributed by atoms with Gasteiger partial charge in [0.05, 0.1) is 5.69 Å². The maximum absolute atomic E-state index is 4.70. The fraction of sp³-hybridized carbons (Fsp3) is 0.0476. The van der Waals surface area contributed by atoms with Crippen LogP contribution in [-0.4, -0.2) is 24.5 Å². The van der Waals surface area contributed by atoms with E-state index >= 15 is 0 Å². The first-order valence-electron chi connectivity index (χ1n) is 9.10. The summed E-state index contributed by atoms with van der Waals surface area (Å²) >= 11 is 1.63. The second-order valence-electron chi connectivity index (χ2n) is 6.34. The summed E-state index contributed by atoms with van der Waals surface area (Å²) in [5, 5.41) is 10.7. The van der Waals surface area contributed by atoms with Gasteiger partial charge in [-0.1, -0.05) is 36.4 Å². The highest BCUT2D eigenvalue weighted by molar-refractivity contribution is 7.08. The van der Waals surface area contributed by atoms with Crippen LogP contribution in [-0.2, 0) is 6.54 Å². The van der Waals surface area contributed by atoms with Gasteiger partial charge in [-0.15, -0.1) is 0 Å². The molecule has 142 valence electrons. The van der Waals surface area contributed by atoms with Crippen LogP contribution in [0, 0.1) is 0 Å². The van der Waals surface area contributed by atoms with E-state index in [1.165, 1.54) is 0 Å². The number of nitrogens with one attached hydrogen (secondary N) is 2. The predicted molar refractivity (Wildman–Crippen MR) is 116 cm³/mol. The smallest absolute Gasteiger partial charge is 0.232 e. The average molecular weight is 399 g/mol. The third-order valence-electron chi connectivity index (χ3n) is 4.39. The van der Waals surface area contributed by atoms with E-state index in [9.17, 15) is 0 Å². The number of thiophene rings is 1. The second kappa shape index (κ2) is 7.69. The molecule has 0 aliphatic carbocycles. The van der Waals surface area contributed by atoms with E-state index in [1.807, 2.05) is 52.4 Å². The number of benzene rings is 1. The minimum Gasteiger partial charge on any atom is -0.364 e. The molecular weight excluding hydrogens is 382 g/mol. The van der Waals surface area contributed by atoms with Crippen LogP contribution < -0.4 is 10.6 Å². The fourth-order valence-electron chi connectivity index (χ4n) is 3.00. The van der Waals surface area contributed by atoms with Gasteiger partial charge in [0.15, 0.2) is 17.0 Å². The molecule has 29 heavy (non-hydrogen) atoms. The van der Waals surface area contributed by atoms with Crippen LogP contribution in [0.25, 0.3) is 16.9 Å². The first-order valence-corrected chi connectivity index (χ1v) is 10.0. The maximum Gasteiger partial charge on any atom is 0.232 e. The summed E-state index contributed by atoms with van der Waals surface area (Å²) in [6.07, 6.45) is 3.50. The van der Waals surface area contributed by atoms with Crippen molar-refractivity contribution in [3.8, 4) is 5.69 Å². The molecule has 0 aliphatic heterocycles. The molecule has 1 aromatic carbocycles. The van der Waals surface area contributed by atoms with E-state index in [0.717, 1.165) is 22.4 Å². The average Bonchev–Trinajstić information content (AvgIpc) is 3.43. The van der Waals surface area contributed by atoms with Crippen molar-refractivity contribution in [3.63, 3.8) is 0 Å². The number of pyridine rings is 1. The van der Waals surface area contributed by atoms with Gasteiger partial charge in [0.1, 0.15) is 12.1 Å². The number of hydrogen-bond acceptors (Lipinski definition) is 7. The number of nitrogens with zero attached hydrogens (tertiary/aromatic N) is 5. The van der Waals surface area contributed by atoms with Crippen LogP contribution in [0.2, 0.25) is 0 Å². The van der Waals surface area contributed by atoms with Crippen molar-refractivity contribution in [1.82, 2.24) is 24.5 Å². The minimum atomic E-state index is 0.462. The molecule has 5 aromatic rings. The Morgan fingerprint density at radius 3 is 2.62 bits per heavy atom. The largest absolute Gasteiger partial charge is 0.364 e. The van der Waals surface area contributed by atoms with Gasteiger partial charge in [0.25, 0.3) is 0 Å². The Hall–Kier alpha value is -3.78. The summed E-state index contributed by atoms with van der Waals surface area (Å²) in [6.45, 7) is 0.640. The lowest BCUT2D eigenvalue weighted by Gasteiger charge is -2.10. The molecule has 0 spiro atoms. The Balaban J connectivity index is 1.56. The number of rotatable bonds is 6. The van der Waals surface area contributed by atoms with Crippen LogP contribution in [0.5, 0.6) is 0 Å². The van der Waals surface area contributed by atoms with Crippen molar-refractivity contribution in [2.75, 3.05) is 10.6 Å². The molecule has 5 rings (SSSR count). The van der Waals surface area contributed by atoms with Gasteiger partial charge in [0, 0.05) is 18.1 Å². The second-order valence-corrected chi connectivity index (χ2v) is 7.12. The molecule has 0 amide bonds. The molecule has 0 aliphatic rings. The molecule has 0 atom stereocenters. The SMILES string of the molecule is c1ccc(CNc2nc(Nc3ccccn3)nc3c2ncn3-c2ccsc2)cc1. The monoisotopic (exact) mass is 399 g/mol. The van der Waals surface area contributed by atoms with Crippen molar-refractivity contribution < 1.29 is 0 Å². The lowest BCUT2D eigenvalue weighted by molar-refractivity contribution is 1.06. The third-order valence-corrected chi connectivity index (χ3v) is 5.06. The summed E-state index contributed by atoms with van der Waals surface area (Å²) in [7, 11) is 0. The van der Waals surface area contributed by atoms with Crippen molar-refractivity contribution in [1.29, 1.82) is 0 Å². The lowest BCUT2D eigenvalue weighted by atomic mass is 10.2. The van der Waals surface area contributed by atoms with Crippen molar-refractivity contribution in [3.05, 3.63) is 83.4 Å². The summed E-state index contributed by atoms with van der Waals surface area (Å²) in [4.78, 5) is 18.2. The molecule has 0 fully saturated rings. The minimum absolute atomic E-state index is 0.462. The lowest BCUT2D eigenvalue weighted by Crippen LogP contribution is -2.07. The normalized spacial score (nSPS) is 10.9. The number of anilines is 3. The molecular formula is C21H17N7S. The summed E-state index contributed by atoms with van der Waals surface area (Å²) in [6, 6.07) is 17.9. The third kappa shape index (κ3) is 3.65. The first-order chi connectivity index (χ1) is 14.4. The highest BCUT2D eigenvalue weighted by Crippen LogP contribution is 2.25. The quantitative estimate of drug-likeness (QED) is 0.433. The molecule has 0 saturated heterocycles. The van der Waals surface area contributed by atoms with Crippen LogP contribution in [0.15, 0.2) is 77.9 Å². The molecule has 4 heterocycles. The zero-order chi connectivity index (χ0) is 19.5. The number of aromatic nitrogens is 5. The van der Waals surface area contributed by atoms with Gasteiger partial charge >= 0.3 is 0 Å². The van der Waals surface area contributed by atoms with Gasteiger partial charge in [-0.25, -0.2) is 9.97 Å². The number of hydrogen-bond donors (Lipinski definition) is 2. The number of imidazole rings is 1. The molecule has 8 heteroatoms. The van der Waals surface area contributed by atoms with E-state index in [-0.39, 0.29) is 0 Å². The van der Waals surface area contributed by atoms with E-state index in [1.54, 1.807) is 23.9 Å². The van der Waals surface area contributed by atoms with Gasteiger partial charge < -0.3 is 10.6 Å². The van der Waals surface area contributed by atoms with E-state index in [2.05, 4.69) is 43.1 Å². The molecule has 4 aromatic heterocycles. The molecule has 2 N–H and O–H groups in total. The van der Waals surface area contributed by atoms with Crippen LogP contribution >= 0.6 is 11.3 Å². The van der Waals surface area contributed by atoms with E-state index < -0.39 is 0 Å². The molecule has 0 radical (unpaired) electrons.